The van der Waals surface area contributed by atoms with Crippen LogP contribution in [0.5, 0.6) is 0 Å². The number of aromatic nitrogens is 5. The fraction of sp³-hybridized carbons (Fsp3) is 0.545. The Kier molecular flexibility index (Phi) is 2.39. The van der Waals surface area contributed by atoms with Gasteiger partial charge in [0.25, 0.3) is 0 Å². The first-order valence-electron chi connectivity index (χ1n) is 5.92. The summed E-state index contributed by atoms with van der Waals surface area (Å²) in [4.78, 5) is 0. The first-order valence-corrected chi connectivity index (χ1v) is 6.33. The van der Waals surface area contributed by atoms with Gasteiger partial charge in [-0.05, 0) is 45.0 Å². The van der Waals surface area contributed by atoms with Gasteiger partial charge in [0, 0.05) is 12.6 Å². The molecule has 1 fully saturated rings. The number of aryl methyl sites for hydroxylation is 2. The topological polar surface area (TPSA) is 51.4 Å². The molecule has 1 aliphatic rings. The standard InChI is InChI=1S/C11H15N5S/c1-3-15-9(6-7(2)14-15)10-12-13-11(17)16(10)8-4-5-8/h6,8H,3-5H2,1-2H3,(H,13,17). The largest absolute Gasteiger partial charge is 0.296 e. The first-order chi connectivity index (χ1) is 8.20. The summed E-state index contributed by atoms with van der Waals surface area (Å²) in [6.07, 6.45) is 2.39. The van der Waals surface area contributed by atoms with Crippen LogP contribution in [0, 0.1) is 11.7 Å². The van der Waals surface area contributed by atoms with Gasteiger partial charge in [-0.25, -0.2) is 0 Å². The summed E-state index contributed by atoms with van der Waals surface area (Å²) in [5, 5.41) is 11.7. The summed E-state index contributed by atoms with van der Waals surface area (Å²) in [6, 6.07) is 2.59. The van der Waals surface area contributed by atoms with Gasteiger partial charge in [-0.3, -0.25) is 14.3 Å². The van der Waals surface area contributed by atoms with Crippen molar-refractivity contribution in [3.63, 3.8) is 0 Å². The van der Waals surface area contributed by atoms with Crippen LogP contribution in [-0.4, -0.2) is 24.5 Å². The van der Waals surface area contributed by atoms with Crippen LogP contribution in [0.4, 0.5) is 0 Å². The van der Waals surface area contributed by atoms with Gasteiger partial charge in [0.05, 0.1) is 5.69 Å². The van der Waals surface area contributed by atoms with Crippen LogP contribution in [0.2, 0.25) is 0 Å². The monoisotopic (exact) mass is 249 g/mol. The second-order valence-corrected chi connectivity index (χ2v) is 4.83. The highest BCUT2D eigenvalue weighted by atomic mass is 32.1. The van der Waals surface area contributed by atoms with Crippen molar-refractivity contribution in [2.45, 2.75) is 39.3 Å². The summed E-state index contributed by atoms with van der Waals surface area (Å²) in [5.74, 6) is 0.917. The molecule has 0 bridgehead atoms. The van der Waals surface area contributed by atoms with Crippen LogP contribution >= 0.6 is 12.2 Å². The zero-order valence-electron chi connectivity index (χ0n) is 9.97. The Bertz CT molecular complexity index is 602. The number of nitrogens with one attached hydrogen (secondary N) is 1. The van der Waals surface area contributed by atoms with E-state index < -0.39 is 0 Å². The van der Waals surface area contributed by atoms with Crippen molar-refractivity contribution in [2.24, 2.45) is 0 Å². The lowest BCUT2D eigenvalue weighted by Gasteiger charge is -2.06. The Morgan fingerprint density at radius 3 is 2.94 bits per heavy atom. The summed E-state index contributed by atoms with van der Waals surface area (Å²) >= 11 is 5.29. The van der Waals surface area contributed by atoms with E-state index in [2.05, 4.69) is 32.9 Å². The van der Waals surface area contributed by atoms with E-state index in [1.165, 1.54) is 12.8 Å². The van der Waals surface area contributed by atoms with Crippen molar-refractivity contribution in [2.75, 3.05) is 0 Å². The SMILES string of the molecule is CCn1nc(C)cc1-c1n[nH]c(=S)n1C1CC1. The summed E-state index contributed by atoms with van der Waals surface area (Å²) < 4.78 is 4.81. The molecule has 0 aliphatic heterocycles. The normalized spacial score (nSPS) is 15.4. The Hall–Kier alpha value is -1.43. The lowest BCUT2D eigenvalue weighted by Crippen LogP contribution is -2.04. The zero-order chi connectivity index (χ0) is 12.0. The molecular weight excluding hydrogens is 234 g/mol. The van der Waals surface area contributed by atoms with Gasteiger partial charge >= 0.3 is 0 Å². The highest BCUT2D eigenvalue weighted by Crippen LogP contribution is 2.38. The maximum atomic E-state index is 5.29. The highest BCUT2D eigenvalue weighted by Gasteiger charge is 2.28. The number of rotatable bonds is 3. The van der Waals surface area contributed by atoms with Gasteiger partial charge < -0.3 is 0 Å². The van der Waals surface area contributed by atoms with Crippen LogP contribution in [0.15, 0.2) is 6.07 Å². The first kappa shape index (κ1) is 10.7. The van der Waals surface area contributed by atoms with Gasteiger partial charge in [0.2, 0.25) is 0 Å². The molecule has 90 valence electrons. The quantitative estimate of drug-likeness (QED) is 0.850. The Morgan fingerprint density at radius 1 is 1.53 bits per heavy atom. The molecule has 2 heterocycles. The van der Waals surface area contributed by atoms with Crippen molar-refractivity contribution in [3.05, 3.63) is 16.5 Å². The van der Waals surface area contributed by atoms with E-state index in [1.807, 2.05) is 11.6 Å². The van der Waals surface area contributed by atoms with Gasteiger partial charge in [-0.2, -0.15) is 10.2 Å². The Balaban J connectivity index is 2.17. The van der Waals surface area contributed by atoms with Gasteiger partial charge in [-0.15, -0.1) is 0 Å². The number of nitrogens with zero attached hydrogens (tertiary/aromatic N) is 4. The molecule has 5 nitrogen and oxygen atoms in total. The molecule has 0 aromatic carbocycles. The van der Waals surface area contributed by atoms with Crippen LogP contribution in [-0.2, 0) is 6.54 Å². The molecule has 3 rings (SSSR count). The molecule has 17 heavy (non-hydrogen) atoms. The van der Waals surface area contributed by atoms with Gasteiger partial charge in [0.15, 0.2) is 10.6 Å². The lowest BCUT2D eigenvalue weighted by atomic mass is 10.3. The van der Waals surface area contributed by atoms with E-state index in [1.54, 1.807) is 0 Å². The smallest absolute Gasteiger partial charge is 0.195 e. The average Bonchev–Trinajstić information content (AvgIpc) is 2.97. The fourth-order valence-electron chi connectivity index (χ4n) is 2.12. The maximum absolute atomic E-state index is 5.29. The molecule has 2 aromatic heterocycles. The average molecular weight is 249 g/mol. The number of hydrogen-bond donors (Lipinski definition) is 1. The Labute approximate surface area is 104 Å². The molecule has 0 unspecified atom stereocenters. The minimum atomic E-state index is 0.525. The minimum Gasteiger partial charge on any atom is -0.296 e. The molecule has 0 spiro atoms. The third-order valence-electron chi connectivity index (χ3n) is 3.05. The summed E-state index contributed by atoms with van der Waals surface area (Å²) in [6.45, 7) is 4.92. The number of hydrogen-bond acceptors (Lipinski definition) is 3. The molecule has 1 aliphatic carbocycles. The predicted octanol–water partition coefficient (Wildman–Crippen LogP) is 2.47. The number of H-pyrrole nitrogens is 1. The van der Waals surface area contributed by atoms with Crippen molar-refractivity contribution >= 4 is 12.2 Å². The van der Waals surface area contributed by atoms with Crippen LogP contribution in [0.25, 0.3) is 11.5 Å². The van der Waals surface area contributed by atoms with E-state index in [9.17, 15) is 0 Å². The molecule has 0 amide bonds. The van der Waals surface area contributed by atoms with Crippen molar-refractivity contribution in [1.29, 1.82) is 0 Å². The van der Waals surface area contributed by atoms with Crippen LogP contribution < -0.4 is 0 Å². The van der Waals surface area contributed by atoms with Crippen molar-refractivity contribution in [3.8, 4) is 11.5 Å². The van der Waals surface area contributed by atoms with E-state index >= 15 is 0 Å². The van der Waals surface area contributed by atoms with Crippen molar-refractivity contribution < 1.29 is 0 Å². The molecule has 0 saturated heterocycles. The third-order valence-corrected chi connectivity index (χ3v) is 3.34. The predicted molar refractivity (Wildman–Crippen MR) is 67.3 cm³/mol. The highest BCUT2D eigenvalue weighted by molar-refractivity contribution is 7.71. The van der Waals surface area contributed by atoms with Gasteiger partial charge in [0.1, 0.15) is 5.69 Å². The molecule has 1 saturated carbocycles. The molecule has 6 heteroatoms. The van der Waals surface area contributed by atoms with E-state index in [0.717, 1.165) is 23.8 Å². The second kappa shape index (κ2) is 3.80. The Morgan fingerprint density at radius 2 is 2.29 bits per heavy atom. The van der Waals surface area contributed by atoms with E-state index in [4.69, 9.17) is 12.2 Å². The van der Waals surface area contributed by atoms with Gasteiger partial charge in [-0.1, -0.05) is 0 Å². The molecule has 0 radical (unpaired) electrons. The van der Waals surface area contributed by atoms with Crippen LogP contribution in [0.1, 0.15) is 31.5 Å². The third kappa shape index (κ3) is 1.72. The van der Waals surface area contributed by atoms with E-state index in [0.29, 0.717) is 10.8 Å². The summed E-state index contributed by atoms with van der Waals surface area (Å²) in [5.41, 5.74) is 2.06. The number of aromatic amines is 1. The summed E-state index contributed by atoms with van der Waals surface area (Å²) in [7, 11) is 0. The fourth-order valence-corrected chi connectivity index (χ4v) is 2.40. The van der Waals surface area contributed by atoms with E-state index in [-0.39, 0.29) is 0 Å². The lowest BCUT2D eigenvalue weighted by molar-refractivity contribution is 0.647. The molecule has 2 aromatic rings. The second-order valence-electron chi connectivity index (χ2n) is 4.44. The van der Waals surface area contributed by atoms with Crippen LogP contribution in [0.3, 0.4) is 0 Å². The molecule has 1 N–H and O–H groups in total. The zero-order valence-corrected chi connectivity index (χ0v) is 10.8. The van der Waals surface area contributed by atoms with Crippen molar-refractivity contribution in [1.82, 2.24) is 24.5 Å². The molecular formula is C11H15N5S. The maximum Gasteiger partial charge on any atom is 0.195 e. The molecule has 0 atom stereocenters. The minimum absolute atomic E-state index is 0.525.